The first-order chi connectivity index (χ1) is 18.9. The van der Waals surface area contributed by atoms with Gasteiger partial charge in [-0.15, -0.1) is 11.8 Å². The summed E-state index contributed by atoms with van der Waals surface area (Å²) in [5, 5.41) is 8.06. The van der Waals surface area contributed by atoms with Crippen LogP contribution >= 0.6 is 11.8 Å². The Hall–Kier alpha value is -3.84. The van der Waals surface area contributed by atoms with Crippen LogP contribution in [0.2, 0.25) is 0 Å². The van der Waals surface area contributed by atoms with E-state index in [0.717, 1.165) is 45.6 Å². The molecule has 2 heterocycles. The number of nitrogens with one attached hydrogen (secondary N) is 1. The maximum atomic E-state index is 13.8. The Labute approximate surface area is 234 Å². The summed E-state index contributed by atoms with van der Waals surface area (Å²) in [5.74, 6) is 0.623. The SMILES string of the molecule is CC[C@H](C)NC(=O)CN1C(=O)CS[C@@H](c2ccccc2C)c2c(-c3ccccc3)nn(-c3ccc(C)cc3)c21. The molecule has 2 atom stereocenters. The predicted octanol–water partition coefficient (Wildman–Crippen LogP) is 6.24. The second kappa shape index (κ2) is 11.5. The van der Waals surface area contributed by atoms with Crippen molar-refractivity contribution in [1.29, 1.82) is 0 Å². The van der Waals surface area contributed by atoms with Crippen molar-refractivity contribution in [3.05, 3.63) is 101 Å². The average molecular weight is 539 g/mol. The number of amides is 2. The van der Waals surface area contributed by atoms with Gasteiger partial charge in [0.2, 0.25) is 11.8 Å². The van der Waals surface area contributed by atoms with Gasteiger partial charge >= 0.3 is 0 Å². The Morgan fingerprint density at radius 2 is 1.72 bits per heavy atom. The van der Waals surface area contributed by atoms with E-state index in [2.05, 4.69) is 24.4 Å². The van der Waals surface area contributed by atoms with Crippen molar-refractivity contribution in [3.63, 3.8) is 0 Å². The van der Waals surface area contributed by atoms with E-state index in [0.29, 0.717) is 5.82 Å². The standard InChI is InChI=1S/C32H34N4O2S/c1-5-23(4)33-27(37)19-35-28(38)20-39-31(26-14-10-9-11-22(26)3)29-30(24-12-7-6-8-13-24)34-36(32(29)35)25-17-15-21(2)16-18-25/h6-18,23,31H,5,19-20H2,1-4H3,(H,33,37)/t23-,31-/m0/s1. The first kappa shape index (κ1) is 26.8. The molecule has 0 saturated carbocycles. The second-order valence-electron chi connectivity index (χ2n) is 10.1. The Bertz CT molecular complexity index is 1480. The third kappa shape index (κ3) is 5.50. The van der Waals surface area contributed by atoms with Gasteiger partial charge in [-0.1, -0.05) is 79.2 Å². The monoisotopic (exact) mass is 538 g/mol. The van der Waals surface area contributed by atoms with Crippen LogP contribution in [0.15, 0.2) is 78.9 Å². The van der Waals surface area contributed by atoms with Crippen LogP contribution in [0.3, 0.4) is 0 Å². The molecule has 0 fully saturated rings. The minimum atomic E-state index is -0.180. The summed E-state index contributed by atoms with van der Waals surface area (Å²) < 4.78 is 1.85. The summed E-state index contributed by atoms with van der Waals surface area (Å²) in [4.78, 5) is 28.6. The Morgan fingerprint density at radius 1 is 1.03 bits per heavy atom. The van der Waals surface area contributed by atoms with Crippen molar-refractivity contribution in [3.8, 4) is 16.9 Å². The van der Waals surface area contributed by atoms with Gasteiger partial charge in [-0.25, -0.2) is 4.68 Å². The number of benzene rings is 3. The first-order valence-corrected chi connectivity index (χ1v) is 14.4. The van der Waals surface area contributed by atoms with Gasteiger partial charge in [0, 0.05) is 17.2 Å². The molecule has 2 amide bonds. The molecule has 1 aliphatic heterocycles. The molecule has 39 heavy (non-hydrogen) atoms. The van der Waals surface area contributed by atoms with Gasteiger partial charge in [-0.05, 0) is 50.5 Å². The van der Waals surface area contributed by atoms with Crippen LogP contribution in [0.5, 0.6) is 0 Å². The summed E-state index contributed by atoms with van der Waals surface area (Å²) in [7, 11) is 0. The van der Waals surface area contributed by atoms with Crippen LogP contribution in [-0.4, -0.2) is 39.9 Å². The zero-order chi connectivity index (χ0) is 27.5. The number of thioether (sulfide) groups is 1. The largest absolute Gasteiger partial charge is 0.352 e. The number of aryl methyl sites for hydroxylation is 2. The fourth-order valence-corrected chi connectivity index (χ4v) is 6.18. The van der Waals surface area contributed by atoms with Gasteiger partial charge in [0.15, 0.2) is 0 Å². The van der Waals surface area contributed by atoms with Gasteiger partial charge in [-0.3, -0.25) is 14.5 Å². The molecular formula is C32H34N4O2S. The van der Waals surface area contributed by atoms with Crippen molar-refractivity contribution in [2.45, 2.75) is 45.4 Å². The molecule has 1 N–H and O–H groups in total. The summed E-state index contributed by atoms with van der Waals surface area (Å²) in [5.41, 5.74) is 7.00. The van der Waals surface area contributed by atoms with Crippen LogP contribution in [0.4, 0.5) is 5.82 Å². The Kier molecular flexibility index (Phi) is 7.89. The minimum absolute atomic E-state index is 0.0232. The van der Waals surface area contributed by atoms with E-state index in [9.17, 15) is 9.59 Å². The third-order valence-corrected chi connectivity index (χ3v) is 8.44. The average Bonchev–Trinajstić information content (AvgIpc) is 3.27. The van der Waals surface area contributed by atoms with E-state index in [1.165, 1.54) is 0 Å². The number of carbonyl (C=O) groups excluding carboxylic acids is 2. The predicted molar refractivity (Wildman–Crippen MR) is 159 cm³/mol. The highest BCUT2D eigenvalue weighted by atomic mass is 32.2. The van der Waals surface area contributed by atoms with Crippen molar-refractivity contribution in [1.82, 2.24) is 15.1 Å². The molecule has 1 aliphatic rings. The molecule has 0 aliphatic carbocycles. The van der Waals surface area contributed by atoms with Crippen LogP contribution in [-0.2, 0) is 9.59 Å². The molecule has 6 nitrogen and oxygen atoms in total. The number of hydrogen-bond acceptors (Lipinski definition) is 4. The molecule has 0 unspecified atom stereocenters. The number of rotatable bonds is 7. The molecule has 0 saturated heterocycles. The van der Waals surface area contributed by atoms with Gasteiger partial charge in [0.1, 0.15) is 12.4 Å². The summed E-state index contributed by atoms with van der Waals surface area (Å²) in [6, 6.07) is 26.5. The highest BCUT2D eigenvalue weighted by Crippen LogP contribution is 2.49. The zero-order valence-electron chi connectivity index (χ0n) is 22.8. The van der Waals surface area contributed by atoms with Crippen LogP contribution < -0.4 is 10.2 Å². The molecule has 200 valence electrons. The normalized spacial score (nSPS) is 15.9. The molecule has 5 rings (SSSR count). The number of hydrogen-bond donors (Lipinski definition) is 1. The number of nitrogens with zero attached hydrogens (tertiary/aromatic N) is 3. The Morgan fingerprint density at radius 3 is 2.41 bits per heavy atom. The highest BCUT2D eigenvalue weighted by Gasteiger charge is 2.38. The van der Waals surface area contributed by atoms with E-state index in [1.807, 2.05) is 92.2 Å². The quantitative estimate of drug-likeness (QED) is 0.302. The van der Waals surface area contributed by atoms with E-state index in [-0.39, 0.29) is 35.4 Å². The lowest BCUT2D eigenvalue weighted by molar-refractivity contribution is -0.123. The molecule has 1 aromatic heterocycles. The van der Waals surface area contributed by atoms with Crippen molar-refractivity contribution >= 4 is 29.4 Å². The van der Waals surface area contributed by atoms with Crippen LogP contribution in [0, 0.1) is 13.8 Å². The topological polar surface area (TPSA) is 67.2 Å². The lowest BCUT2D eigenvalue weighted by Gasteiger charge is -2.24. The lowest BCUT2D eigenvalue weighted by atomic mass is 9.97. The summed E-state index contributed by atoms with van der Waals surface area (Å²) >= 11 is 1.59. The molecule has 7 heteroatoms. The molecule has 0 spiro atoms. The molecule has 4 aromatic rings. The van der Waals surface area contributed by atoms with Crippen molar-refractivity contribution in [2.75, 3.05) is 17.2 Å². The van der Waals surface area contributed by atoms with Crippen molar-refractivity contribution < 1.29 is 9.59 Å². The van der Waals surface area contributed by atoms with Crippen LogP contribution in [0.1, 0.15) is 47.8 Å². The maximum Gasteiger partial charge on any atom is 0.240 e. The molecule has 0 bridgehead atoms. The smallest absolute Gasteiger partial charge is 0.240 e. The van der Waals surface area contributed by atoms with Gasteiger partial charge in [0.05, 0.1) is 22.4 Å². The number of anilines is 1. The number of carbonyl (C=O) groups is 2. The fraction of sp³-hybridized carbons (Fsp3) is 0.281. The zero-order valence-corrected chi connectivity index (χ0v) is 23.7. The van der Waals surface area contributed by atoms with Gasteiger partial charge in [-0.2, -0.15) is 5.10 Å². The van der Waals surface area contributed by atoms with Crippen LogP contribution in [0.25, 0.3) is 16.9 Å². The minimum Gasteiger partial charge on any atom is -0.352 e. The molecular weight excluding hydrogens is 504 g/mol. The van der Waals surface area contributed by atoms with Gasteiger partial charge < -0.3 is 5.32 Å². The lowest BCUT2D eigenvalue weighted by Crippen LogP contribution is -2.44. The summed E-state index contributed by atoms with van der Waals surface area (Å²) in [6.45, 7) is 8.09. The van der Waals surface area contributed by atoms with Crippen molar-refractivity contribution in [2.24, 2.45) is 0 Å². The van der Waals surface area contributed by atoms with E-state index in [1.54, 1.807) is 16.7 Å². The first-order valence-electron chi connectivity index (χ1n) is 13.4. The number of fused-ring (bicyclic) bond motifs is 1. The molecule has 0 radical (unpaired) electrons. The maximum absolute atomic E-state index is 13.8. The molecule has 3 aromatic carbocycles. The van der Waals surface area contributed by atoms with Gasteiger partial charge in [0.25, 0.3) is 0 Å². The second-order valence-corrected chi connectivity index (χ2v) is 11.2. The third-order valence-electron chi connectivity index (χ3n) is 7.21. The Balaban J connectivity index is 1.78. The van der Waals surface area contributed by atoms with E-state index < -0.39 is 0 Å². The van der Waals surface area contributed by atoms with E-state index >= 15 is 0 Å². The number of aromatic nitrogens is 2. The highest BCUT2D eigenvalue weighted by molar-refractivity contribution is 8.00. The fourth-order valence-electron chi connectivity index (χ4n) is 4.89. The summed E-state index contributed by atoms with van der Waals surface area (Å²) in [6.07, 6.45) is 0.815. The van der Waals surface area contributed by atoms with E-state index in [4.69, 9.17) is 5.10 Å².